The van der Waals surface area contributed by atoms with Gasteiger partial charge in [-0.05, 0) is 42.5 Å². The fraction of sp³-hybridized carbons (Fsp3) is 0.211. The molecule has 112 valence electrons. The lowest BCUT2D eigenvalue weighted by Gasteiger charge is -2.24. The summed E-state index contributed by atoms with van der Waals surface area (Å²) in [5, 5.41) is 4.00. The number of carbonyl (C=O) groups is 1. The number of rotatable bonds is 3. The highest BCUT2D eigenvalue weighted by atomic mass is 35.5. The van der Waals surface area contributed by atoms with Gasteiger partial charge in [-0.25, -0.2) is 0 Å². The minimum Gasteiger partial charge on any atom is -0.358 e. The molecular weight excluding hydrogens is 294 g/mol. The van der Waals surface area contributed by atoms with E-state index in [0.717, 1.165) is 23.4 Å². The number of carbonyl (C=O) groups excluding carboxylic acids is 1. The third-order valence-corrected chi connectivity index (χ3v) is 4.27. The average molecular weight is 312 g/mol. The molecule has 0 unspecified atom stereocenters. The molecular formula is C19H18ClNO. The van der Waals surface area contributed by atoms with Gasteiger partial charge in [-0.1, -0.05) is 48.0 Å². The van der Waals surface area contributed by atoms with Crippen molar-refractivity contribution in [3.05, 3.63) is 76.5 Å². The van der Waals surface area contributed by atoms with E-state index in [1.807, 2.05) is 43.3 Å². The van der Waals surface area contributed by atoms with Gasteiger partial charge in [0, 0.05) is 18.2 Å². The maximum absolute atomic E-state index is 12.0. The Morgan fingerprint density at radius 1 is 1.09 bits per heavy atom. The van der Waals surface area contributed by atoms with Crippen LogP contribution in [0.5, 0.6) is 0 Å². The van der Waals surface area contributed by atoms with Gasteiger partial charge in [-0.3, -0.25) is 4.79 Å². The first-order chi connectivity index (χ1) is 10.6. The first-order valence-electron chi connectivity index (χ1n) is 7.43. The second-order valence-corrected chi connectivity index (χ2v) is 6.17. The molecule has 22 heavy (non-hydrogen) atoms. The van der Waals surface area contributed by atoms with Gasteiger partial charge < -0.3 is 5.32 Å². The highest BCUT2D eigenvalue weighted by molar-refractivity contribution is 6.33. The number of anilines is 1. The Balaban J connectivity index is 1.82. The van der Waals surface area contributed by atoms with Gasteiger partial charge in [0.2, 0.25) is 0 Å². The van der Waals surface area contributed by atoms with Crippen molar-refractivity contribution in [1.82, 2.24) is 0 Å². The summed E-state index contributed by atoms with van der Waals surface area (Å²) >= 11 is 6.23. The summed E-state index contributed by atoms with van der Waals surface area (Å²) in [5.41, 5.74) is 4.12. The number of benzene rings is 2. The molecule has 0 aromatic heterocycles. The van der Waals surface area contributed by atoms with Crippen LogP contribution in [0.2, 0.25) is 5.02 Å². The van der Waals surface area contributed by atoms with Crippen LogP contribution >= 0.6 is 11.6 Å². The van der Waals surface area contributed by atoms with Gasteiger partial charge in [-0.15, -0.1) is 0 Å². The zero-order valence-corrected chi connectivity index (χ0v) is 13.2. The lowest BCUT2D eigenvalue weighted by Crippen LogP contribution is -2.16. The lowest BCUT2D eigenvalue weighted by atomic mass is 9.85. The van der Waals surface area contributed by atoms with Crippen LogP contribution in [-0.4, -0.2) is 5.78 Å². The Labute approximate surface area is 135 Å². The molecule has 0 heterocycles. The molecule has 0 fully saturated rings. The summed E-state index contributed by atoms with van der Waals surface area (Å²) in [6.07, 6.45) is 3.09. The fourth-order valence-corrected chi connectivity index (χ4v) is 3.01. The van der Waals surface area contributed by atoms with Crippen molar-refractivity contribution in [3.8, 4) is 0 Å². The lowest BCUT2D eigenvalue weighted by molar-refractivity contribution is -0.115. The SMILES string of the molecule is Cc1ccc(Cl)c(NC2=CC(=O)C[C@H](c3ccccc3)C2)c1. The molecule has 1 aliphatic carbocycles. The normalized spacial score (nSPS) is 18.0. The van der Waals surface area contributed by atoms with E-state index in [0.29, 0.717) is 11.4 Å². The summed E-state index contributed by atoms with van der Waals surface area (Å²) in [5.74, 6) is 0.385. The third-order valence-electron chi connectivity index (χ3n) is 3.94. The van der Waals surface area contributed by atoms with Gasteiger partial charge in [0.05, 0.1) is 10.7 Å². The predicted octanol–water partition coefficient (Wildman–Crippen LogP) is 5.09. The number of allylic oxidation sites excluding steroid dienone is 2. The maximum atomic E-state index is 12.0. The highest BCUT2D eigenvalue weighted by Crippen LogP contribution is 2.33. The van der Waals surface area contributed by atoms with E-state index in [4.69, 9.17) is 11.6 Å². The molecule has 0 spiro atoms. The standard InChI is InChI=1S/C19H18ClNO/c1-13-7-8-18(20)19(9-13)21-16-10-15(11-17(22)12-16)14-5-3-2-4-6-14/h2-9,12,15,21H,10-11H2,1H3/t15-/m1/s1. The molecule has 2 aromatic carbocycles. The Kier molecular flexibility index (Phi) is 4.30. The minimum atomic E-state index is 0.159. The van der Waals surface area contributed by atoms with Crippen molar-refractivity contribution in [2.24, 2.45) is 0 Å². The smallest absolute Gasteiger partial charge is 0.158 e. The predicted molar refractivity (Wildman–Crippen MR) is 91.3 cm³/mol. The molecule has 0 bridgehead atoms. The molecule has 3 rings (SSSR count). The zero-order valence-electron chi connectivity index (χ0n) is 12.5. The van der Waals surface area contributed by atoms with Gasteiger partial charge in [-0.2, -0.15) is 0 Å². The Morgan fingerprint density at radius 2 is 1.86 bits per heavy atom. The summed E-state index contributed by atoms with van der Waals surface area (Å²) in [6.45, 7) is 2.02. The van der Waals surface area contributed by atoms with Gasteiger partial charge >= 0.3 is 0 Å². The van der Waals surface area contributed by atoms with Crippen molar-refractivity contribution in [2.75, 3.05) is 5.32 Å². The largest absolute Gasteiger partial charge is 0.358 e. The maximum Gasteiger partial charge on any atom is 0.158 e. The molecule has 1 N–H and O–H groups in total. The molecule has 1 aliphatic rings. The quantitative estimate of drug-likeness (QED) is 0.855. The van der Waals surface area contributed by atoms with E-state index in [1.54, 1.807) is 6.08 Å². The Bertz CT molecular complexity index is 721. The number of ketones is 1. The zero-order chi connectivity index (χ0) is 15.5. The number of hydrogen-bond donors (Lipinski definition) is 1. The van der Waals surface area contributed by atoms with Gasteiger partial charge in [0.25, 0.3) is 0 Å². The number of halogens is 1. The van der Waals surface area contributed by atoms with E-state index in [-0.39, 0.29) is 11.7 Å². The van der Waals surface area contributed by atoms with Crippen molar-refractivity contribution >= 4 is 23.1 Å². The van der Waals surface area contributed by atoms with E-state index >= 15 is 0 Å². The van der Waals surface area contributed by atoms with Crippen LogP contribution < -0.4 is 5.32 Å². The number of hydrogen-bond acceptors (Lipinski definition) is 2. The first-order valence-corrected chi connectivity index (χ1v) is 7.81. The second kappa shape index (κ2) is 6.37. The van der Waals surface area contributed by atoms with E-state index < -0.39 is 0 Å². The summed E-state index contributed by atoms with van der Waals surface area (Å²) in [4.78, 5) is 12.0. The highest BCUT2D eigenvalue weighted by Gasteiger charge is 2.22. The topological polar surface area (TPSA) is 29.1 Å². The monoisotopic (exact) mass is 311 g/mol. The summed E-state index contributed by atoms with van der Waals surface area (Å²) in [6, 6.07) is 16.0. The molecule has 0 saturated carbocycles. The number of nitrogens with one attached hydrogen (secondary N) is 1. The molecule has 2 nitrogen and oxygen atoms in total. The van der Waals surface area contributed by atoms with Crippen LogP contribution in [-0.2, 0) is 4.79 Å². The minimum absolute atomic E-state index is 0.159. The summed E-state index contributed by atoms with van der Waals surface area (Å²) < 4.78 is 0. The second-order valence-electron chi connectivity index (χ2n) is 5.76. The van der Waals surface area contributed by atoms with E-state index in [1.165, 1.54) is 5.56 Å². The first kappa shape index (κ1) is 14.9. The van der Waals surface area contributed by atoms with Crippen molar-refractivity contribution in [2.45, 2.75) is 25.7 Å². The molecule has 3 heteroatoms. The van der Waals surface area contributed by atoms with Crippen molar-refractivity contribution in [1.29, 1.82) is 0 Å². The van der Waals surface area contributed by atoms with Crippen LogP contribution in [0.25, 0.3) is 0 Å². The third kappa shape index (κ3) is 3.40. The van der Waals surface area contributed by atoms with Gasteiger partial charge in [0.1, 0.15) is 0 Å². The molecule has 0 aliphatic heterocycles. The van der Waals surface area contributed by atoms with Crippen molar-refractivity contribution in [3.63, 3.8) is 0 Å². The van der Waals surface area contributed by atoms with E-state index in [9.17, 15) is 4.79 Å². The van der Waals surface area contributed by atoms with E-state index in [2.05, 4.69) is 17.4 Å². The van der Waals surface area contributed by atoms with Crippen LogP contribution in [0.4, 0.5) is 5.69 Å². The average Bonchev–Trinajstić information content (AvgIpc) is 2.51. The summed E-state index contributed by atoms with van der Waals surface area (Å²) in [7, 11) is 0. The fourth-order valence-electron chi connectivity index (χ4n) is 2.85. The van der Waals surface area contributed by atoms with Crippen LogP contribution in [0, 0.1) is 6.92 Å². The molecule has 0 radical (unpaired) electrons. The molecule has 0 saturated heterocycles. The molecule has 1 atom stereocenters. The Hall–Kier alpha value is -2.06. The van der Waals surface area contributed by atoms with Crippen LogP contribution in [0.15, 0.2) is 60.3 Å². The van der Waals surface area contributed by atoms with Crippen molar-refractivity contribution < 1.29 is 4.79 Å². The Morgan fingerprint density at radius 3 is 2.64 bits per heavy atom. The number of aryl methyl sites for hydroxylation is 1. The molecule has 2 aromatic rings. The van der Waals surface area contributed by atoms with Gasteiger partial charge in [0.15, 0.2) is 5.78 Å². The van der Waals surface area contributed by atoms with Crippen LogP contribution in [0.1, 0.15) is 29.9 Å². The molecule has 0 amide bonds. The van der Waals surface area contributed by atoms with Crippen LogP contribution in [0.3, 0.4) is 0 Å².